The number of carboxylic acids is 1. The Morgan fingerprint density at radius 3 is 2.00 bits per heavy atom. The minimum atomic E-state index is -1.26. The Labute approximate surface area is 122 Å². The van der Waals surface area contributed by atoms with E-state index >= 15 is 0 Å². The third kappa shape index (κ3) is 4.60. The van der Waals surface area contributed by atoms with Gasteiger partial charge in [0.15, 0.2) is 5.78 Å². The number of rotatable bonds is 8. The third-order valence-electron chi connectivity index (χ3n) is 2.73. The molecule has 1 radical (unpaired) electrons. The number of carbonyl (C=O) groups is 2. The molecule has 5 heteroatoms. The maximum absolute atomic E-state index is 11.7. The van der Waals surface area contributed by atoms with Gasteiger partial charge in [0.1, 0.15) is 12.0 Å². The number of aliphatic carboxylic acids is 1. The van der Waals surface area contributed by atoms with E-state index in [9.17, 15) is 9.59 Å². The Bertz CT molecular complexity index is 224. The number of carbonyl (C=O) groups excluding carboxylic acids is 1. The fraction of sp³-hybridized carbons (Fsp3) is 0.818. The summed E-state index contributed by atoms with van der Waals surface area (Å²) < 4.78 is 5.09. The van der Waals surface area contributed by atoms with Gasteiger partial charge in [-0.05, 0) is 19.3 Å². The van der Waals surface area contributed by atoms with Gasteiger partial charge in [-0.3, -0.25) is 9.59 Å². The van der Waals surface area contributed by atoms with Crippen molar-refractivity contribution in [2.75, 3.05) is 13.2 Å². The van der Waals surface area contributed by atoms with Crippen LogP contribution in [0.2, 0.25) is 0 Å². The average Bonchev–Trinajstić information content (AvgIpc) is 2.20. The topological polar surface area (TPSA) is 63.6 Å². The largest absolute Gasteiger partial charge is 0.480 e. The molecule has 91 valence electrons. The van der Waals surface area contributed by atoms with Gasteiger partial charge >= 0.3 is 5.97 Å². The van der Waals surface area contributed by atoms with Crippen molar-refractivity contribution < 1.29 is 52.1 Å². The average molecular weight is 305 g/mol. The van der Waals surface area contributed by atoms with Crippen molar-refractivity contribution in [2.45, 2.75) is 40.0 Å². The predicted molar refractivity (Wildman–Crippen MR) is 56.8 cm³/mol. The summed E-state index contributed by atoms with van der Waals surface area (Å²) in [5.41, 5.74) is -1.26. The summed E-state index contributed by atoms with van der Waals surface area (Å²) in [6.07, 6.45) is 1.45. The molecule has 0 aromatic carbocycles. The number of hydrogen-bond acceptors (Lipinski definition) is 3. The van der Waals surface area contributed by atoms with E-state index in [4.69, 9.17) is 9.84 Å². The first-order valence-electron chi connectivity index (χ1n) is 5.39. The van der Waals surface area contributed by atoms with Crippen LogP contribution >= 0.6 is 0 Å². The van der Waals surface area contributed by atoms with Crippen LogP contribution in [0.4, 0.5) is 0 Å². The zero-order valence-electron chi connectivity index (χ0n) is 10.3. The molecule has 16 heavy (non-hydrogen) atoms. The Balaban J connectivity index is 0. The van der Waals surface area contributed by atoms with Crippen LogP contribution in [0.25, 0.3) is 0 Å². The van der Waals surface area contributed by atoms with Gasteiger partial charge in [0.05, 0.1) is 0 Å². The second kappa shape index (κ2) is 9.26. The minimum absolute atomic E-state index is 0. The van der Waals surface area contributed by atoms with Crippen molar-refractivity contribution in [1.29, 1.82) is 0 Å². The number of ether oxygens (including phenoxy) is 1. The van der Waals surface area contributed by atoms with Gasteiger partial charge < -0.3 is 9.84 Å². The zero-order valence-corrected chi connectivity index (χ0v) is 13.1. The molecule has 0 saturated heterocycles. The molecular weight excluding hydrogens is 285 g/mol. The first-order chi connectivity index (χ1) is 7.05. The van der Waals surface area contributed by atoms with Crippen LogP contribution in [0.3, 0.4) is 0 Å². The second-order valence-electron chi connectivity index (χ2n) is 3.57. The zero-order chi connectivity index (χ0) is 11.9. The van der Waals surface area contributed by atoms with Crippen LogP contribution in [0.1, 0.15) is 40.0 Å². The Morgan fingerprint density at radius 2 is 1.69 bits per heavy atom. The van der Waals surface area contributed by atoms with Gasteiger partial charge in [0, 0.05) is 39.3 Å². The number of ketones is 1. The summed E-state index contributed by atoms with van der Waals surface area (Å²) in [5, 5.41) is 9.07. The van der Waals surface area contributed by atoms with Crippen molar-refractivity contribution >= 4 is 11.8 Å². The quantitative estimate of drug-likeness (QED) is 0.549. The van der Waals surface area contributed by atoms with Gasteiger partial charge in [-0.2, -0.15) is 0 Å². The fourth-order valence-corrected chi connectivity index (χ4v) is 1.51. The molecule has 0 aromatic rings. The molecule has 0 saturated carbocycles. The molecule has 0 aliphatic rings. The number of Topliss-reactive ketones (excluding diaryl/α,β-unsaturated/α-hetero) is 1. The normalized spacial score (nSPS) is 10.7. The van der Waals surface area contributed by atoms with Gasteiger partial charge in [-0.1, -0.05) is 20.8 Å². The Morgan fingerprint density at radius 1 is 1.19 bits per heavy atom. The van der Waals surface area contributed by atoms with Crippen molar-refractivity contribution in [2.24, 2.45) is 5.41 Å². The van der Waals surface area contributed by atoms with Gasteiger partial charge in [0.2, 0.25) is 0 Å². The Hall–Kier alpha value is 0.204. The van der Waals surface area contributed by atoms with E-state index in [0.29, 0.717) is 19.4 Å². The molecule has 0 fully saturated rings. The molecule has 0 aliphatic carbocycles. The minimum Gasteiger partial charge on any atom is -0.480 e. The molecule has 1 N–H and O–H groups in total. The summed E-state index contributed by atoms with van der Waals surface area (Å²) in [5.74, 6) is -1.37. The monoisotopic (exact) mass is 305 g/mol. The molecule has 4 nitrogen and oxygen atoms in total. The van der Waals surface area contributed by atoms with Crippen LogP contribution in [0.15, 0.2) is 0 Å². The smallest absolute Gasteiger partial charge is 0.317 e. The summed E-state index contributed by atoms with van der Waals surface area (Å²) >= 11 is 0. The van der Waals surface area contributed by atoms with Gasteiger partial charge in [-0.15, -0.1) is 0 Å². The van der Waals surface area contributed by atoms with Crippen LogP contribution in [0.5, 0.6) is 0 Å². The molecule has 0 aromatic heterocycles. The molecule has 0 aliphatic heterocycles. The van der Waals surface area contributed by atoms with Gasteiger partial charge in [-0.25, -0.2) is 0 Å². The first kappa shape index (κ1) is 18.6. The molecule has 0 bridgehead atoms. The summed E-state index contributed by atoms with van der Waals surface area (Å²) in [6, 6.07) is 0. The SMILES string of the molecule is CCCOCC(=O)C(CC)(CC)C(=O)O.[Y]. The molecule has 0 unspecified atom stereocenters. The summed E-state index contributed by atoms with van der Waals surface area (Å²) in [4.78, 5) is 22.8. The maximum atomic E-state index is 11.7. The van der Waals surface area contributed by atoms with Gasteiger partial charge in [0.25, 0.3) is 0 Å². The van der Waals surface area contributed by atoms with E-state index in [-0.39, 0.29) is 45.1 Å². The van der Waals surface area contributed by atoms with Crippen LogP contribution in [0, 0.1) is 5.41 Å². The standard InChI is InChI=1S/C11H20O4.Y/c1-4-7-15-8-9(12)11(5-2,6-3)10(13)14;/h4-8H2,1-3H3,(H,13,14);. The molecular formula is C11H20O4Y. The predicted octanol–water partition coefficient (Wildman–Crippen LogP) is 1.87. The van der Waals surface area contributed by atoms with Crippen LogP contribution in [-0.4, -0.2) is 30.1 Å². The molecule has 0 rings (SSSR count). The van der Waals surface area contributed by atoms with E-state index in [1.807, 2.05) is 6.92 Å². The summed E-state index contributed by atoms with van der Waals surface area (Å²) in [7, 11) is 0. The van der Waals surface area contributed by atoms with E-state index in [1.165, 1.54) is 0 Å². The molecule has 0 atom stereocenters. The number of hydrogen-bond donors (Lipinski definition) is 1. The van der Waals surface area contributed by atoms with Crippen molar-refractivity contribution in [3.8, 4) is 0 Å². The van der Waals surface area contributed by atoms with Crippen molar-refractivity contribution in [1.82, 2.24) is 0 Å². The number of carboxylic acid groups (broad SMARTS) is 1. The second-order valence-corrected chi connectivity index (χ2v) is 3.57. The molecule has 0 spiro atoms. The van der Waals surface area contributed by atoms with Crippen LogP contribution in [-0.2, 0) is 47.0 Å². The van der Waals surface area contributed by atoms with E-state index in [0.717, 1.165) is 6.42 Å². The van der Waals surface area contributed by atoms with Crippen molar-refractivity contribution in [3.05, 3.63) is 0 Å². The molecule has 0 amide bonds. The van der Waals surface area contributed by atoms with Crippen molar-refractivity contribution in [3.63, 3.8) is 0 Å². The fourth-order valence-electron chi connectivity index (χ4n) is 1.51. The maximum Gasteiger partial charge on any atom is 0.317 e. The third-order valence-corrected chi connectivity index (χ3v) is 2.73. The summed E-state index contributed by atoms with van der Waals surface area (Å²) in [6.45, 7) is 5.77. The van der Waals surface area contributed by atoms with E-state index in [1.54, 1.807) is 13.8 Å². The molecule has 0 heterocycles. The Kier molecular flexibility index (Phi) is 10.7. The van der Waals surface area contributed by atoms with Crippen LogP contribution < -0.4 is 0 Å². The van der Waals surface area contributed by atoms with E-state index < -0.39 is 11.4 Å². The van der Waals surface area contributed by atoms with E-state index in [2.05, 4.69) is 0 Å². The first-order valence-corrected chi connectivity index (χ1v) is 5.39.